The highest BCUT2D eigenvalue weighted by atomic mass is 35.6. The second kappa shape index (κ2) is 5.22. The van der Waals surface area contributed by atoms with Crippen molar-refractivity contribution in [1.29, 1.82) is 0 Å². The lowest BCUT2D eigenvalue weighted by molar-refractivity contribution is -0.150. The van der Waals surface area contributed by atoms with E-state index in [1.165, 1.54) is 6.42 Å². The Kier molecular flexibility index (Phi) is 4.37. The fourth-order valence-electron chi connectivity index (χ4n) is 3.67. The summed E-state index contributed by atoms with van der Waals surface area (Å²) in [6.07, 6.45) is 4.12. The predicted molar refractivity (Wildman–Crippen MR) is 83.3 cm³/mol. The maximum Gasteiger partial charge on any atom is 0.332 e. The van der Waals surface area contributed by atoms with Gasteiger partial charge in [0.25, 0.3) is 0 Å². The number of hydrogen-bond donors (Lipinski definition) is 0. The summed E-state index contributed by atoms with van der Waals surface area (Å²) in [5.74, 6) is 0.0498. The van der Waals surface area contributed by atoms with E-state index in [2.05, 4.69) is 20.8 Å². The van der Waals surface area contributed by atoms with E-state index in [0.717, 1.165) is 18.9 Å². The second-order valence-corrected chi connectivity index (χ2v) is 9.21. The molecule has 2 aliphatic carbocycles. The molecule has 2 nitrogen and oxygen atoms in total. The molecule has 114 valence electrons. The fourth-order valence-corrected chi connectivity index (χ4v) is 3.92. The smallest absolute Gasteiger partial charge is 0.332 e. The maximum atomic E-state index is 11.9. The molecule has 0 heterocycles. The van der Waals surface area contributed by atoms with E-state index in [9.17, 15) is 4.79 Å². The standard InChI is InChI=1S/C14H18Cl4O2/c1-12(2)8-4-5-13(12,3)10(6-8)20-11(19)7-9(15)14(16,17)18/h7-8,10H,4-6H2,1-3H3/b9-7-. The van der Waals surface area contributed by atoms with Crippen molar-refractivity contribution in [3.8, 4) is 0 Å². The summed E-state index contributed by atoms with van der Waals surface area (Å²) >= 11 is 22.6. The third-order valence-electron chi connectivity index (χ3n) is 5.49. The SMILES string of the molecule is CC1(C)C2CCC1(C)C(OC(=O)/C=C(\Cl)C(Cl)(Cl)Cl)C2. The molecule has 0 radical (unpaired) electrons. The maximum absolute atomic E-state index is 11.9. The second-order valence-electron chi connectivity index (χ2n) is 6.53. The molecule has 3 unspecified atom stereocenters. The minimum Gasteiger partial charge on any atom is -0.459 e. The molecule has 0 N–H and O–H groups in total. The number of halogens is 4. The van der Waals surface area contributed by atoms with Gasteiger partial charge in [0.1, 0.15) is 6.10 Å². The van der Waals surface area contributed by atoms with Gasteiger partial charge in [-0.3, -0.25) is 0 Å². The quantitative estimate of drug-likeness (QED) is 0.383. The van der Waals surface area contributed by atoms with Crippen molar-refractivity contribution in [1.82, 2.24) is 0 Å². The number of fused-ring (bicyclic) bond motifs is 2. The summed E-state index contributed by atoms with van der Waals surface area (Å²) in [6, 6.07) is 0. The Labute approximate surface area is 139 Å². The molecule has 3 atom stereocenters. The van der Waals surface area contributed by atoms with Gasteiger partial charge in [-0.25, -0.2) is 4.79 Å². The van der Waals surface area contributed by atoms with Gasteiger partial charge in [0.15, 0.2) is 0 Å². The van der Waals surface area contributed by atoms with Gasteiger partial charge in [-0.1, -0.05) is 67.2 Å². The zero-order chi connectivity index (χ0) is 15.3. The minimum absolute atomic E-state index is 0.00756. The Morgan fingerprint density at radius 1 is 1.30 bits per heavy atom. The van der Waals surface area contributed by atoms with Crippen molar-refractivity contribution in [3.05, 3.63) is 11.1 Å². The first kappa shape index (κ1) is 16.7. The molecular formula is C14H18Cl4O2. The van der Waals surface area contributed by atoms with E-state index in [1.54, 1.807) is 0 Å². The average Bonchev–Trinajstić information content (AvgIpc) is 2.60. The topological polar surface area (TPSA) is 26.3 Å². The van der Waals surface area contributed by atoms with Gasteiger partial charge in [-0.05, 0) is 30.6 Å². The normalized spacial score (nSPS) is 36.2. The molecule has 6 heteroatoms. The molecule has 0 aliphatic heterocycles. The number of carbonyl (C=O) groups excluding carboxylic acids is 1. The van der Waals surface area contributed by atoms with E-state index >= 15 is 0 Å². The van der Waals surface area contributed by atoms with E-state index in [-0.39, 0.29) is 22.0 Å². The van der Waals surface area contributed by atoms with Crippen molar-refractivity contribution < 1.29 is 9.53 Å². The van der Waals surface area contributed by atoms with Crippen molar-refractivity contribution in [2.45, 2.75) is 49.9 Å². The summed E-state index contributed by atoms with van der Waals surface area (Å²) in [4.78, 5) is 11.9. The number of esters is 1. The van der Waals surface area contributed by atoms with Crippen molar-refractivity contribution in [3.63, 3.8) is 0 Å². The summed E-state index contributed by atoms with van der Waals surface area (Å²) in [5.41, 5.74) is 0.189. The first-order valence-electron chi connectivity index (χ1n) is 6.63. The number of allylic oxidation sites excluding steroid dienone is 1. The highest BCUT2D eigenvalue weighted by molar-refractivity contribution is 6.73. The lowest BCUT2D eigenvalue weighted by Gasteiger charge is -2.38. The molecule has 2 saturated carbocycles. The Hall–Kier alpha value is 0.370. The molecule has 0 spiro atoms. The van der Waals surface area contributed by atoms with Crippen LogP contribution in [-0.2, 0) is 9.53 Å². The van der Waals surface area contributed by atoms with Gasteiger partial charge in [0, 0.05) is 11.5 Å². The van der Waals surface area contributed by atoms with Crippen LogP contribution >= 0.6 is 46.4 Å². The summed E-state index contributed by atoms with van der Waals surface area (Å²) in [5, 5.41) is -0.153. The summed E-state index contributed by atoms with van der Waals surface area (Å²) in [7, 11) is 0. The van der Waals surface area contributed by atoms with Gasteiger partial charge >= 0.3 is 5.97 Å². The summed E-state index contributed by atoms with van der Waals surface area (Å²) < 4.78 is 3.78. The first-order valence-corrected chi connectivity index (χ1v) is 8.14. The van der Waals surface area contributed by atoms with Crippen molar-refractivity contribution in [2.75, 3.05) is 0 Å². The van der Waals surface area contributed by atoms with Gasteiger partial charge in [0.05, 0.1) is 5.03 Å². The molecule has 0 aromatic heterocycles. The minimum atomic E-state index is -1.79. The molecule has 0 aromatic rings. The third kappa shape index (κ3) is 2.69. The Balaban J connectivity index is 2.08. The Morgan fingerprint density at radius 3 is 2.30 bits per heavy atom. The number of rotatable bonds is 2. The van der Waals surface area contributed by atoms with Crippen LogP contribution in [0.1, 0.15) is 40.0 Å². The lowest BCUT2D eigenvalue weighted by Crippen LogP contribution is -2.38. The largest absolute Gasteiger partial charge is 0.459 e. The number of ether oxygens (including phenoxy) is 1. The van der Waals surface area contributed by atoms with E-state index in [0.29, 0.717) is 5.92 Å². The van der Waals surface area contributed by atoms with Crippen LogP contribution in [0.4, 0.5) is 0 Å². The van der Waals surface area contributed by atoms with Crippen LogP contribution in [0.2, 0.25) is 0 Å². The molecule has 2 rings (SSSR count). The zero-order valence-corrected chi connectivity index (χ0v) is 14.7. The number of alkyl halides is 3. The number of carbonyl (C=O) groups is 1. The van der Waals surface area contributed by atoms with Gasteiger partial charge in [-0.2, -0.15) is 0 Å². The highest BCUT2D eigenvalue weighted by Gasteiger charge is 2.62. The van der Waals surface area contributed by atoms with Crippen LogP contribution in [0.3, 0.4) is 0 Å². The molecule has 2 aliphatic rings. The Bertz CT molecular complexity index is 453. The van der Waals surface area contributed by atoms with Crippen LogP contribution in [0, 0.1) is 16.7 Å². The van der Waals surface area contributed by atoms with E-state index in [1.807, 2.05) is 0 Å². The lowest BCUT2D eigenvalue weighted by atomic mass is 9.70. The first-order chi connectivity index (χ1) is 8.98. The predicted octanol–water partition coefficient (Wildman–Crippen LogP) is 5.24. The van der Waals surface area contributed by atoms with Gasteiger partial charge in [-0.15, -0.1) is 0 Å². The van der Waals surface area contributed by atoms with E-state index in [4.69, 9.17) is 51.1 Å². The molecule has 0 aromatic carbocycles. The van der Waals surface area contributed by atoms with Crippen molar-refractivity contribution in [2.24, 2.45) is 16.7 Å². The molecule has 20 heavy (non-hydrogen) atoms. The van der Waals surface area contributed by atoms with E-state index < -0.39 is 9.76 Å². The fraction of sp³-hybridized carbons (Fsp3) is 0.786. The molecule has 2 bridgehead atoms. The third-order valence-corrected chi connectivity index (χ3v) is 6.78. The van der Waals surface area contributed by atoms with Gasteiger partial charge < -0.3 is 4.74 Å². The van der Waals surface area contributed by atoms with Crippen LogP contribution in [0.25, 0.3) is 0 Å². The monoisotopic (exact) mass is 358 g/mol. The molecule has 2 fully saturated rings. The van der Waals surface area contributed by atoms with Crippen LogP contribution in [0.15, 0.2) is 11.1 Å². The molecule has 0 saturated heterocycles. The number of hydrogen-bond acceptors (Lipinski definition) is 2. The van der Waals surface area contributed by atoms with Gasteiger partial charge in [0.2, 0.25) is 3.79 Å². The average molecular weight is 360 g/mol. The Morgan fingerprint density at radius 2 is 1.90 bits per heavy atom. The van der Waals surface area contributed by atoms with Crippen LogP contribution < -0.4 is 0 Å². The van der Waals surface area contributed by atoms with Crippen LogP contribution in [0.5, 0.6) is 0 Å². The highest BCUT2D eigenvalue weighted by Crippen LogP contribution is 2.66. The van der Waals surface area contributed by atoms with Crippen LogP contribution in [-0.4, -0.2) is 15.9 Å². The molecule has 0 amide bonds. The zero-order valence-electron chi connectivity index (χ0n) is 11.7. The summed E-state index contributed by atoms with van der Waals surface area (Å²) in [6.45, 7) is 6.70. The van der Waals surface area contributed by atoms with Crippen molar-refractivity contribution >= 4 is 52.4 Å². The molecular weight excluding hydrogens is 342 g/mol.